The Morgan fingerprint density at radius 3 is 2.17 bits per heavy atom. The molecular formula is C16H9ClF3NO2S. The lowest BCUT2D eigenvalue weighted by atomic mass is 10.0. The molecule has 0 saturated carbocycles. The Hall–Kier alpha value is -2.12. The summed E-state index contributed by atoms with van der Waals surface area (Å²) in [5.41, 5.74) is 0.919. The highest BCUT2D eigenvalue weighted by atomic mass is 35.7. The third-order valence-corrected chi connectivity index (χ3v) is 4.83. The molecule has 8 heteroatoms. The molecule has 0 aliphatic rings. The van der Waals surface area contributed by atoms with Crippen LogP contribution in [-0.2, 0) is 15.2 Å². The second kappa shape index (κ2) is 5.75. The highest BCUT2D eigenvalue weighted by Crippen LogP contribution is 2.31. The minimum Gasteiger partial charge on any atom is -0.256 e. The van der Waals surface area contributed by atoms with Crippen LogP contribution >= 0.6 is 10.7 Å². The normalized spacial score (nSPS) is 12.5. The molecule has 0 bridgehead atoms. The molecule has 3 rings (SSSR count). The van der Waals surface area contributed by atoms with Gasteiger partial charge in [-0.3, -0.25) is 4.98 Å². The van der Waals surface area contributed by atoms with Gasteiger partial charge in [0, 0.05) is 27.8 Å². The zero-order valence-corrected chi connectivity index (χ0v) is 13.5. The Bertz CT molecular complexity index is 1020. The van der Waals surface area contributed by atoms with E-state index in [1.165, 1.54) is 36.5 Å². The Morgan fingerprint density at radius 1 is 0.917 bits per heavy atom. The van der Waals surface area contributed by atoms with Crippen molar-refractivity contribution in [2.24, 2.45) is 0 Å². The summed E-state index contributed by atoms with van der Waals surface area (Å²) in [5.74, 6) is 0. The lowest BCUT2D eigenvalue weighted by Gasteiger charge is -2.08. The lowest BCUT2D eigenvalue weighted by molar-refractivity contribution is -0.137. The molecule has 1 heterocycles. The molecule has 0 N–H and O–H groups in total. The Labute approximate surface area is 140 Å². The predicted molar refractivity (Wildman–Crippen MR) is 85.2 cm³/mol. The zero-order chi connectivity index (χ0) is 17.5. The first-order valence-electron chi connectivity index (χ1n) is 6.67. The van der Waals surface area contributed by atoms with E-state index < -0.39 is 20.8 Å². The molecular weight excluding hydrogens is 363 g/mol. The Balaban J connectivity index is 2.07. The molecule has 0 radical (unpaired) electrons. The number of hydrogen-bond donors (Lipinski definition) is 0. The molecule has 124 valence electrons. The van der Waals surface area contributed by atoms with Gasteiger partial charge in [-0.15, -0.1) is 0 Å². The van der Waals surface area contributed by atoms with Crippen LogP contribution < -0.4 is 0 Å². The van der Waals surface area contributed by atoms with Gasteiger partial charge in [0.25, 0.3) is 9.05 Å². The topological polar surface area (TPSA) is 47.0 Å². The minimum atomic E-state index is -4.40. The van der Waals surface area contributed by atoms with Gasteiger partial charge in [-0.1, -0.05) is 12.1 Å². The molecule has 0 amide bonds. The summed E-state index contributed by atoms with van der Waals surface area (Å²) in [7, 11) is 1.45. The van der Waals surface area contributed by atoms with Crippen LogP contribution in [0.25, 0.3) is 22.0 Å². The third-order valence-electron chi connectivity index (χ3n) is 3.48. The quantitative estimate of drug-likeness (QED) is 0.605. The molecule has 3 aromatic rings. The second-order valence-electron chi connectivity index (χ2n) is 5.09. The summed E-state index contributed by atoms with van der Waals surface area (Å²) >= 11 is 0. The molecule has 0 aliphatic heterocycles. The highest BCUT2D eigenvalue weighted by Gasteiger charge is 2.29. The van der Waals surface area contributed by atoms with Crippen molar-refractivity contribution in [3.8, 4) is 11.1 Å². The van der Waals surface area contributed by atoms with E-state index in [1.807, 2.05) is 0 Å². The van der Waals surface area contributed by atoms with E-state index in [-0.39, 0.29) is 4.90 Å². The van der Waals surface area contributed by atoms with E-state index in [4.69, 9.17) is 10.7 Å². The number of pyridine rings is 1. The average molecular weight is 372 g/mol. The van der Waals surface area contributed by atoms with E-state index in [0.717, 1.165) is 12.1 Å². The van der Waals surface area contributed by atoms with Gasteiger partial charge in [0.05, 0.1) is 16.0 Å². The number of rotatable bonds is 2. The molecule has 2 aromatic carbocycles. The van der Waals surface area contributed by atoms with Gasteiger partial charge in [0.1, 0.15) is 0 Å². The molecule has 24 heavy (non-hydrogen) atoms. The van der Waals surface area contributed by atoms with Gasteiger partial charge in [-0.25, -0.2) is 8.42 Å². The first-order chi connectivity index (χ1) is 11.1. The summed E-state index contributed by atoms with van der Waals surface area (Å²) in [6.45, 7) is 0. The summed E-state index contributed by atoms with van der Waals surface area (Å²) in [6.07, 6.45) is -2.89. The van der Waals surface area contributed by atoms with Crippen molar-refractivity contribution in [3.05, 3.63) is 60.3 Å². The van der Waals surface area contributed by atoms with Crippen LogP contribution in [0.3, 0.4) is 0 Å². The predicted octanol–water partition coefficient (Wildman–Crippen LogP) is 4.85. The molecule has 0 fully saturated rings. The summed E-state index contributed by atoms with van der Waals surface area (Å²) in [5, 5.41) is 0.522. The van der Waals surface area contributed by atoms with Crippen molar-refractivity contribution < 1.29 is 21.6 Å². The lowest BCUT2D eigenvalue weighted by Crippen LogP contribution is -2.03. The average Bonchev–Trinajstić information content (AvgIpc) is 2.52. The summed E-state index contributed by atoms with van der Waals surface area (Å²) in [4.78, 5) is 4.13. The molecule has 0 atom stereocenters. The van der Waals surface area contributed by atoms with Crippen molar-refractivity contribution in [1.82, 2.24) is 4.98 Å². The maximum Gasteiger partial charge on any atom is 0.416 e. The smallest absolute Gasteiger partial charge is 0.256 e. The second-order valence-corrected chi connectivity index (χ2v) is 7.66. The van der Waals surface area contributed by atoms with Crippen LogP contribution in [0, 0.1) is 0 Å². The van der Waals surface area contributed by atoms with E-state index in [1.54, 1.807) is 6.07 Å². The fourth-order valence-corrected chi connectivity index (χ4v) is 3.06. The number of benzene rings is 2. The number of halogens is 4. The van der Waals surface area contributed by atoms with Gasteiger partial charge in [-0.05, 0) is 42.0 Å². The molecule has 0 aliphatic carbocycles. The molecule has 0 spiro atoms. The summed E-state index contributed by atoms with van der Waals surface area (Å²) < 4.78 is 60.6. The number of nitrogens with zero attached hydrogens (tertiary/aromatic N) is 1. The molecule has 1 aromatic heterocycles. The van der Waals surface area contributed by atoms with Gasteiger partial charge in [0.2, 0.25) is 0 Å². The molecule has 0 unspecified atom stereocenters. The summed E-state index contributed by atoms with van der Waals surface area (Å²) in [6, 6.07) is 10.5. The maximum atomic E-state index is 12.6. The van der Waals surface area contributed by atoms with Gasteiger partial charge in [-0.2, -0.15) is 13.2 Å². The van der Waals surface area contributed by atoms with Crippen LogP contribution in [0.2, 0.25) is 0 Å². The monoisotopic (exact) mass is 371 g/mol. The van der Waals surface area contributed by atoms with Crippen molar-refractivity contribution in [2.45, 2.75) is 11.1 Å². The zero-order valence-electron chi connectivity index (χ0n) is 11.9. The molecule has 0 saturated heterocycles. The van der Waals surface area contributed by atoms with Crippen LogP contribution in [-0.4, -0.2) is 13.4 Å². The highest BCUT2D eigenvalue weighted by molar-refractivity contribution is 8.13. The number of alkyl halides is 3. The van der Waals surface area contributed by atoms with E-state index >= 15 is 0 Å². The van der Waals surface area contributed by atoms with Crippen LogP contribution in [0.4, 0.5) is 13.2 Å². The first kappa shape index (κ1) is 16.7. The standard InChI is InChI=1S/C16H9ClF3NO2S/c17-24(22,23)14-5-6-15-11(8-14)7-12(9-21-15)10-1-3-13(4-2-10)16(18,19)20/h1-9H. The molecule has 3 nitrogen and oxygen atoms in total. The van der Waals surface area contributed by atoms with Crippen molar-refractivity contribution >= 4 is 30.6 Å². The van der Waals surface area contributed by atoms with Crippen LogP contribution in [0.1, 0.15) is 5.56 Å². The van der Waals surface area contributed by atoms with Crippen LogP contribution in [0.5, 0.6) is 0 Å². The Kier molecular flexibility index (Phi) is 4.01. The third kappa shape index (κ3) is 3.37. The largest absolute Gasteiger partial charge is 0.416 e. The fraction of sp³-hybridized carbons (Fsp3) is 0.0625. The van der Waals surface area contributed by atoms with Gasteiger partial charge >= 0.3 is 6.18 Å². The minimum absolute atomic E-state index is 0.0666. The SMILES string of the molecule is O=S(=O)(Cl)c1ccc2ncc(-c3ccc(C(F)(F)F)cc3)cc2c1. The van der Waals surface area contributed by atoms with Gasteiger partial charge < -0.3 is 0 Å². The van der Waals surface area contributed by atoms with Crippen molar-refractivity contribution in [1.29, 1.82) is 0 Å². The maximum absolute atomic E-state index is 12.6. The Morgan fingerprint density at radius 2 is 1.58 bits per heavy atom. The first-order valence-corrected chi connectivity index (χ1v) is 8.98. The van der Waals surface area contributed by atoms with E-state index in [9.17, 15) is 21.6 Å². The van der Waals surface area contributed by atoms with E-state index in [0.29, 0.717) is 22.0 Å². The van der Waals surface area contributed by atoms with E-state index in [2.05, 4.69) is 4.98 Å². The van der Waals surface area contributed by atoms with Gasteiger partial charge in [0.15, 0.2) is 0 Å². The fourth-order valence-electron chi connectivity index (χ4n) is 2.27. The number of hydrogen-bond acceptors (Lipinski definition) is 3. The van der Waals surface area contributed by atoms with Crippen LogP contribution in [0.15, 0.2) is 59.6 Å². The van der Waals surface area contributed by atoms with Crippen molar-refractivity contribution in [2.75, 3.05) is 0 Å². The number of fused-ring (bicyclic) bond motifs is 1. The van der Waals surface area contributed by atoms with Crippen molar-refractivity contribution in [3.63, 3.8) is 0 Å². The number of aromatic nitrogens is 1.